The second-order valence-corrected chi connectivity index (χ2v) is 6.46. The van der Waals surface area contributed by atoms with Crippen molar-refractivity contribution in [2.24, 2.45) is 0 Å². The number of imidazole rings is 1. The van der Waals surface area contributed by atoms with E-state index in [1.165, 1.54) is 17.7 Å². The predicted octanol–water partition coefficient (Wildman–Crippen LogP) is 3.83. The summed E-state index contributed by atoms with van der Waals surface area (Å²) in [4.78, 5) is 4.38. The van der Waals surface area contributed by atoms with Crippen molar-refractivity contribution in [1.29, 1.82) is 0 Å². The summed E-state index contributed by atoms with van der Waals surface area (Å²) in [5.41, 5.74) is 2.16. The van der Waals surface area contributed by atoms with Gasteiger partial charge in [0.2, 0.25) is 0 Å². The number of rotatable bonds is 5. The summed E-state index contributed by atoms with van der Waals surface area (Å²) in [6, 6.07) is 9.00. The average molecular weight is 346 g/mol. The minimum absolute atomic E-state index is 0.0919. The fourth-order valence-corrected chi connectivity index (χ4v) is 3.14. The Kier molecular flexibility index (Phi) is 4.12. The lowest BCUT2D eigenvalue weighted by Gasteiger charge is -2.36. The molecule has 1 saturated carbocycles. The summed E-state index contributed by atoms with van der Waals surface area (Å²) < 4.78 is 21.0. The number of fused-ring (bicyclic) bond motifs is 1. The third kappa shape index (κ3) is 3.09. The van der Waals surface area contributed by atoms with Gasteiger partial charge in [0.25, 0.3) is 0 Å². The number of aromatic nitrogens is 2. The molecule has 124 valence electrons. The third-order valence-corrected chi connectivity index (χ3v) is 4.66. The Bertz CT molecular complexity index is 860. The number of hydrogen-bond donors (Lipinski definition) is 1. The summed E-state index contributed by atoms with van der Waals surface area (Å²) >= 11 is 5.77. The summed E-state index contributed by atoms with van der Waals surface area (Å²) in [5, 5.41) is 3.63. The van der Waals surface area contributed by atoms with Gasteiger partial charge in [-0.3, -0.25) is 0 Å². The zero-order chi connectivity index (χ0) is 16.5. The van der Waals surface area contributed by atoms with Gasteiger partial charge < -0.3 is 14.5 Å². The van der Waals surface area contributed by atoms with Crippen LogP contribution in [0, 0.1) is 5.82 Å². The first-order valence-electron chi connectivity index (χ1n) is 7.95. The minimum atomic E-state index is -0.426. The highest BCUT2D eigenvalue weighted by Gasteiger charge is 2.30. The van der Waals surface area contributed by atoms with Crippen LogP contribution in [0.1, 0.15) is 18.4 Å². The first-order chi connectivity index (χ1) is 11.7. The molecule has 0 bridgehead atoms. The van der Waals surface area contributed by atoms with E-state index in [-0.39, 0.29) is 11.1 Å². The van der Waals surface area contributed by atoms with Crippen LogP contribution in [0.25, 0.3) is 5.65 Å². The van der Waals surface area contributed by atoms with Crippen LogP contribution in [-0.2, 0) is 6.54 Å². The Labute approximate surface area is 144 Å². The number of ether oxygens (including phenoxy) is 1. The van der Waals surface area contributed by atoms with Crippen LogP contribution in [0.3, 0.4) is 0 Å². The molecular weight excluding hydrogens is 329 g/mol. The van der Waals surface area contributed by atoms with Gasteiger partial charge in [-0.1, -0.05) is 17.7 Å². The molecule has 1 aliphatic rings. The van der Waals surface area contributed by atoms with Crippen LogP contribution in [0.15, 0.2) is 48.9 Å². The molecule has 4 nitrogen and oxygen atoms in total. The quantitative estimate of drug-likeness (QED) is 0.764. The molecule has 1 fully saturated rings. The van der Waals surface area contributed by atoms with Gasteiger partial charge in [0.05, 0.1) is 5.02 Å². The maximum absolute atomic E-state index is 13.1. The van der Waals surface area contributed by atoms with E-state index in [1.807, 2.05) is 22.9 Å². The monoisotopic (exact) mass is 345 g/mol. The molecule has 4 rings (SSSR count). The lowest BCUT2D eigenvalue weighted by atomic mass is 9.89. The minimum Gasteiger partial charge on any atom is -0.490 e. The molecule has 2 aromatic heterocycles. The lowest BCUT2D eigenvalue weighted by Crippen LogP contribution is -2.46. The van der Waals surface area contributed by atoms with Crippen LogP contribution >= 0.6 is 11.6 Å². The molecule has 0 saturated heterocycles. The maximum atomic E-state index is 13.1. The smallest absolute Gasteiger partial charge is 0.142 e. The van der Waals surface area contributed by atoms with Crippen molar-refractivity contribution in [3.05, 3.63) is 65.3 Å². The number of halogens is 2. The third-order valence-electron chi connectivity index (χ3n) is 4.37. The van der Waals surface area contributed by atoms with E-state index in [1.54, 1.807) is 12.3 Å². The lowest BCUT2D eigenvalue weighted by molar-refractivity contribution is 0.0843. The van der Waals surface area contributed by atoms with Crippen LogP contribution in [0.2, 0.25) is 5.02 Å². The van der Waals surface area contributed by atoms with Crippen molar-refractivity contribution < 1.29 is 9.13 Å². The van der Waals surface area contributed by atoms with Crippen molar-refractivity contribution in [3.8, 4) is 5.75 Å². The number of hydrogen-bond acceptors (Lipinski definition) is 3. The SMILES string of the molecule is Fc1ccc(O[C@H]2C[C@H](NCc3cccn4ccnc34)C2)cc1Cl. The van der Waals surface area contributed by atoms with Gasteiger partial charge in [0.1, 0.15) is 23.3 Å². The highest BCUT2D eigenvalue weighted by molar-refractivity contribution is 6.30. The molecular formula is C18H17ClFN3O. The standard InChI is InChI=1S/C18H17ClFN3O/c19-16-10-14(3-4-17(16)20)24-15-8-13(9-15)22-11-12-2-1-6-23-7-5-21-18(12)23/h1-7,10,13,15,22H,8-9,11H2/t13-,15-. The largest absolute Gasteiger partial charge is 0.490 e. The van der Waals surface area contributed by atoms with E-state index in [4.69, 9.17) is 16.3 Å². The molecule has 0 unspecified atom stereocenters. The van der Waals surface area contributed by atoms with Gasteiger partial charge in [-0.15, -0.1) is 0 Å². The van der Waals surface area contributed by atoms with Crippen molar-refractivity contribution in [1.82, 2.24) is 14.7 Å². The van der Waals surface area contributed by atoms with Crippen LogP contribution in [0.4, 0.5) is 4.39 Å². The molecule has 1 aliphatic carbocycles. The molecule has 0 aliphatic heterocycles. The van der Waals surface area contributed by atoms with Gasteiger partial charge in [-0.05, 0) is 31.0 Å². The van der Waals surface area contributed by atoms with Gasteiger partial charge in [-0.2, -0.15) is 0 Å². The Hall–Kier alpha value is -2.11. The van der Waals surface area contributed by atoms with Crippen LogP contribution < -0.4 is 10.1 Å². The summed E-state index contributed by atoms with van der Waals surface area (Å²) in [5.74, 6) is 0.192. The highest BCUT2D eigenvalue weighted by atomic mass is 35.5. The van der Waals surface area contributed by atoms with E-state index in [2.05, 4.69) is 16.4 Å². The maximum Gasteiger partial charge on any atom is 0.142 e. The Morgan fingerprint density at radius 2 is 2.17 bits per heavy atom. The second kappa shape index (κ2) is 6.42. The van der Waals surface area contributed by atoms with Gasteiger partial charge in [0.15, 0.2) is 0 Å². The molecule has 2 heterocycles. The summed E-state index contributed by atoms with van der Waals surface area (Å²) in [6.07, 6.45) is 7.73. The summed E-state index contributed by atoms with van der Waals surface area (Å²) in [6.45, 7) is 0.779. The topological polar surface area (TPSA) is 38.6 Å². The van der Waals surface area contributed by atoms with Gasteiger partial charge >= 0.3 is 0 Å². The number of nitrogens with one attached hydrogen (secondary N) is 1. The van der Waals surface area contributed by atoms with E-state index in [0.29, 0.717) is 11.8 Å². The van der Waals surface area contributed by atoms with Crippen molar-refractivity contribution in [3.63, 3.8) is 0 Å². The number of nitrogens with zero attached hydrogens (tertiary/aromatic N) is 2. The second-order valence-electron chi connectivity index (χ2n) is 6.06. The molecule has 3 aromatic rings. The molecule has 0 spiro atoms. The molecule has 6 heteroatoms. The van der Waals surface area contributed by atoms with E-state index in [0.717, 1.165) is 25.0 Å². The molecule has 0 amide bonds. The Morgan fingerprint density at radius 3 is 3.00 bits per heavy atom. The van der Waals surface area contributed by atoms with Crippen LogP contribution in [0.5, 0.6) is 5.75 Å². The molecule has 0 atom stereocenters. The van der Waals surface area contributed by atoms with E-state index >= 15 is 0 Å². The fraction of sp³-hybridized carbons (Fsp3) is 0.278. The fourth-order valence-electron chi connectivity index (χ4n) is 2.97. The van der Waals surface area contributed by atoms with E-state index < -0.39 is 5.82 Å². The number of benzene rings is 1. The van der Waals surface area contributed by atoms with Crippen molar-refractivity contribution in [2.45, 2.75) is 31.5 Å². The average Bonchev–Trinajstić information content (AvgIpc) is 3.02. The normalized spacial score (nSPS) is 20.1. The molecule has 1 aromatic carbocycles. The molecule has 1 N–H and O–H groups in total. The zero-order valence-electron chi connectivity index (χ0n) is 13.0. The Morgan fingerprint density at radius 1 is 1.29 bits per heavy atom. The predicted molar refractivity (Wildman–Crippen MR) is 90.9 cm³/mol. The molecule has 0 radical (unpaired) electrons. The van der Waals surface area contributed by atoms with Gasteiger partial charge in [-0.25, -0.2) is 9.37 Å². The van der Waals surface area contributed by atoms with Crippen molar-refractivity contribution >= 4 is 17.2 Å². The van der Waals surface area contributed by atoms with Gasteiger partial charge in [0, 0.05) is 42.8 Å². The Balaban J connectivity index is 1.29. The van der Waals surface area contributed by atoms with E-state index in [9.17, 15) is 4.39 Å². The zero-order valence-corrected chi connectivity index (χ0v) is 13.7. The van der Waals surface area contributed by atoms with Crippen molar-refractivity contribution in [2.75, 3.05) is 0 Å². The molecule has 24 heavy (non-hydrogen) atoms. The first kappa shape index (κ1) is 15.4. The summed E-state index contributed by atoms with van der Waals surface area (Å²) in [7, 11) is 0. The first-order valence-corrected chi connectivity index (χ1v) is 8.32. The van der Waals surface area contributed by atoms with Crippen LogP contribution in [-0.4, -0.2) is 21.5 Å². The number of pyridine rings is 1. The highest BCUT2D eigenvalue weighted by Crippen LogP contribution is 2.28.